The molecule has 2 heterocycles. The number of carbonyl (C=O) groups excluding carboxylic acids is 1. The number of likely N-dealkylation sites (tertiary alicyclic amines) is 1. The van der Waals surface area contributed by atoms with Crippen molar-refractivity contribution >= 4 is 17.5 Å². The maximum atomic E-state index is 14.3. The van der Waals surface area contributed by atoms with Crippen LogP contribution in [-0.2, 0) is 11.3 Å². The third-order valence-electron chi connectivity index (χ3n) is 6.20. The predicted molar refractivity (Wildman–Crippen MR) is 128 cm³/mol. The van der Waals surface area contributed by atoms with Gasteiger partial charge in [0.2, 0.25) is 0 Å². The van der Waals surface area contributed by atoms with Gasteiger partial charge in [-0.05, 0) is 18.1 Å². The molecule has 9 heteroatoms. The molecule has 0 atom stereocenters. The maximum Gasteiger partial charge on any atom is 0.410 e. The fraction of sp³-hybridized carbons (Fsp3) is 0.346. The first-order valence-corrected chi connectivity index (χ1v) is 11.4. The van der Waals surface area contributed by atoms with E-state index in [1.165, 1.54) is 12.1 Å². The number of nitro groups is 1. The Morgan fingerprint density at radius 3 is 2.54 bits per heavy atom. The number of benzene rings is 2. The molecule has 0 saturated carbocycles. The van der Waals surface area contributed by atoms with Gasteiger partial charge in [0.1, 0.15) is 12.2 Å². The lowest BCUT2D eigenvalue weighted by Gasteiger charge is -2.34. The molecule has 2 aromatic rings. The normalized spacial score (nSPS) is 17.1. The van der Waals surface area contributed by atoms with Crippen molar-refractivity contribution in [2.24, 2.45) is 0 Å². The highest BCUT2D eigenvalue weighted by molar-refractivity contribution is 5.67. The average molecular weight is 480 g/mol. The van der Waals surface area contributed by atoms with Gasteiger partial charge in [-0.1, -0.05) is 48.2 Å². The summed E-state index contributed by atoms with van der Waals surface area (Å²) in [6, 6.07) is 13.1. The molecule has 1 saturated heterocycles. The monoisotopic (exact) mass is 479 g/mol. The van der Waals surface area contributed by atoms with Crippen molar-refractivity contribution in [3.63, 3.8) is 0 Å². The first-order chi connectivity index (χ1) is 16.8. The molecule has 2 aliphatic heterocycles. The number of non-ortho nitro benzene ring substituents is 1. The highest BCUT2D eigenvalue weighted by atomic mass is 19.1. The van der Waals surface area contributed by atoms with Gasteiger partial charge in [-0.2, -0.15) is 0 Å². The molecule has 1 fully saturated rings. The van der Waals surface area contributed by atoms with Gasteiger partial charge in [0.15, 0.2) is 5.82 Å². The fourth-order valence-electron chi connectivity index (χ4n) is 4.06. The van der Waals surface area contributed by atoms with Crippen LogP contribution in [0.1, 0.15) is 24.8 Å². The third kappa shape index (κ3) is 6.16. The Kier molecular flexibility index (Phi) is 7.32. The van der Waals surface area contributed by atoms with Crippen LogP contribution in [-0.4, -0.2) is 52.8 Å². The summed E-state index contributed by atoms with van der Waals surface area (Å²) in [6.07, 6.45) is 2.69. The highest BCUT2D eigenvalue weighted by Crippen LogP contribution is 2.27. The van der Waals surface area contributed by atoms with Crippen molar-refractivity contribution in [3.05, 3.63) is 81.7 Å². The number of piperidine rings is 1. The molecule has 0 bridgehead atoms. The summed E-state index contributed by atoms with van der Waals surface area (Å²) < 4.78 is 19.7. The van der Waals surface area contributed by atoms with Gasteiger partial charge in [0, 0.05) is 50.7 Å². The summed E-state index contributed by atoms with van der Waals surface area (Å²) in [5.41, 5.74) is 0.606. The number of rotatable bonds is 4. The molecule has 2 aliphatic rings. The molecular weight excluding hydrogens is 453 g/mol. The number of hydrogen-bond acceptors (Lipinski definition) is 6. The zero-order valence-electron chi connectivity index (χ0n) is 19.2. The number of nitrogens with zero attached hydrogens (tertiary/aromatic N) is 3. The van der Waals surface area contributed by atoms with E-state index in [0.29, 0.717) is 51.1 Å². The quantitative estimate of drug-likeness (QED) is 0.404. The molecule has 1 amide bonds. The molecular formula is C26H26FN3O5. The van der Waals surface area contributed by atoms with Gasteiger partial charge >= 0.3 is 6.09 Å². The minimum Gasteiger partial charge on any atom is -0.445 e. The average Bonchev–Trinajstić information content (AvgIpc) is 2.87. The van der Waals surface area contributed by atoms with Crippen LogP contribution in [0.25, 0.3) is 0 Å². The lowest BCUT2D eigenvalue weighted by molar-refractivity contribution is -0.385. The summed E-state index contributed by atoms with van der Waals surface area (Å²) in [4.78, 5) is 25.9. The number of anilines is 1. The smallest absolute Gasteiger partial charge is 0.410 e. The summed E-state index contributed by atoms with van der Waals surface area (Å²) in [6.45, 7) is 1.83. The molecule has 0 aliphatic carbocycles. The van der Waals surface area contributed by atoms with E-state index in [0.717, 1.165) is 17.2 Å². The second kappa shape index (κ2) is 10.6. The Labute approximate surface area is 202 Å². The largest absolute Gasteiger partial charge is 0.445 e. The van der Waals surface area contributed by atoms with Crippen molar-refractivity contribution in [1.82, 2.24) is 4.90 Å². The SMILES string of the molecule is O=C(OCc1ccccc1)N1CCC(O)(C#CC2=CCN(c3ccc([N+](=O)[O-])cc3F)CC2)CC1. The Balaban J connectivity index is 1.28. The molecule has 2 aromatic carbocycles. The van der Waals surface area contributed by atoms with E-state index in [1.54, 1.807) is 9.80 Å². The van der Waals surface area contributed by atoms with Crippen molar-refractivity contribution < 1.29 is 24.0 Å². The molecule has 35 heavy (non-hydrogen) atoms. The zero-order valence-corrected chi connectivity index (χ0v) is 19.2. The van der Waals surface area contributed by atoms with Gasteiger partial charge in [0.05, 0.1) is 16.7 Å². The van der Waals surface area contributed by atoms with Crippen LogP contribution in [0, 0.1) is 27.8 Å². The molecule has 0 aromatic heterocycles. The Morgan fingerprint density at radius 1 is 1.17 bits per heavy atom. The Bertz CT molecular complexity index is 1180. The second-order valence-corrected chi connectivity index (χ2v) is 8.63. The van der Waals surface area contributed by atoms with E-state index in [-0.39, 0.29) is 12.3 Å². The molecule has 1 N–H and O–H groups in total. The number of aliphatic hydroxyl groups is 1. The first-order valence-electron chi connectivity index (χ1n) is 11.4. The van der Waals surface area contributed by atoms with Crippen molar-refractivity contribution in [3.8, 4) is 11.8 Å². The minimum atomic E-state index is -1.18. The maximum absolute atomic E-state index is 14.3. The van der Waals surface area contributed by atoms with E-state index in [2.05, 4.69) is 11.8 Å². The number of amides is 1. The first kappa shape index (κ1) is 24.2. The molecule has 0 unspecified atom stereocenters. The van der Waals surface area contributed by atoms with Gasteiger partial charge in [-0.15, -0.1) is 0 Å². The van der Waals surface area contributed by atoms with E-state index in [1.807, 2.05) is 36.4 Å². The summed E-state index contributed by atoms with van der Waals surface area (Å²) in [7, 11) is 0. The number of hydrogen-bond donors (Lipinski definition) is 1. The zero-order chi connectivity index (χ0) is 24.8. The molecule has 182 valence electrons. The topological polar surface area (TPSA) is 96.2 Å². The molecule has 0 spiro atoms. The van der Waals surface area contributed by atoms with Crippen molar-refractivity contribution in [2.45, 2.75) is 31.5 Å². The lowest BCUT2D eigenvalue weighted by Crippen LogP contribution is -2.46. The minimum absolute atomic E-state index is 0.204. The molecule has 4 rings (SSSR count). The van der Waals surface area contributed by atoms with Crippen LogP contribution in [0.15, 0.2) is 60.2 Å². The van der Waals surface area contributed by atoms with Crippen molar-refractivity contribution in [2.75, 3.05) is 31.1 Å². The van der Waals surface area contributed by atoms with Gasteiger partial charge in [0.25, 0.3) is 5.69 Å². The van der Waals surface area contributed by atoms with Crippen LogP contribution in [0.2, 0.25) is 0 Å². The fourth-order valence-corrected chi connectivity index (χ4v) is 4.06. The van der Waals surface area contributed by atoms with Crippen LogP contribution in [0.5, 0.6) is 0 Å². The van der Waals surface area contributed by atoms with Gasteiger partial charge in [-0.25, -0.2) is 9.18 Å². The summed E-state index contributed by atoms with van der Waals surface area (Å²) >= 11 is 0. The van der Waals surface area contributed by atoms with Gasteiger partial charge in [-0.3, -0.25) is 10.1 Å². The van der Waals surface area contributed by atoms with E-state index in [9.17, 15) is 24.4 Å². The van der Waals surface area contributed by atoms with Crippen molar-refractivity contribution in [1.29, 1.82) is 0 Å². The van der Waals surface area contributed by atoms with E-state index >= 15 is 0 Å². The number of ether oxygens (including phenoxy) is 1. The Morgan fingerprint density at radius 2 is 1.91 bits per heavy atom. The highest BCUT2D eigenvalue weighted by Gasteiger charge is 2.33. The summed E-state index contributed by atoms with van der Waals surface area (Å²) in [5.74, 6) is 5.38. The van der Waals surface area contributed by atoms with E-state index in [4.69, 9.17) is 4.74 Å². The predicted octanol–water partition coefficient (Wildman–Crippen LogP) is 4.04. The molecule has 0 radical (unpaired) electrons. The second-order valence-electron chi connectivity index (χ2n) is 8.63. The number of halogens is 1. The van der Waals surface area contributed by atoms with Crippen LogP contribution >= 0.6 is 0 Å². The third-order valence-corrected chi connectivity index (χ3v) is 6.20. The molecule has 8 nitrogen and oxygen atoms in total. The standard InChI is InChI=1S/C26H26FN3O5/c27-23-18-22(30(33)34)6-7-24(23)28-14-9-20(10-15-28)8-11-26(32)12-16-29(17-13-26)25(31)35-19-21-4-2-1-3-5-21/h1-7,9,18,32H,10,12-17,19H2. The number of carbonyl (C=O) groups is 1. The van der Waals surface area contributed by atoms with Crippen LogP contribution in [0.3, 0.4) is 0 Å². The van der Waals surface area contributed by atoms with E-state index < -0.39 is 22.4 Å². The van der Waals surface area contributed by atoms with Crippen LogP contribution in [0.4, 0.5) is 20.6 Å². The number of nitro benzene ring substituents is 1. The Hall–Kier alpha value is -3.90. The van der Waals surface area contributed by atoms with Gasteiger partial charge < -0.3 is 19.6 Å². The lowest BCUT2D eigenvalue weighted by atomic mass is 9.91. The van der Waals surface area contributed by atoms with Crippen LogP contribution < -0.4 is 4.90 Å². The summed E-state index contributed by atoms with van der Waals surface area (Å²) in [5, 5.41) is 21.7.